The molecule has 0 spiro atoms. The second kappa shape index (κ2) is 11.8. The van der Waals surface area contributed by atoms with E-state index in [1.54, 1.807) is 6.07 Å². The van der Waals surface area contributed by atoms with Gasteiger partial charge in [0.25, 0.3) is 0 Å². The Hall–Kier alpha value is -2.90. The van der Waals surface area contributed by atoms with Gasteiger partial charge in [-0.1, -0.05) is 57.8 Å². The summed E-state index contributed by atoms with van der Waals surface area (Å²) in [6.45, 7) is 12.6. The number of anilines is 1. The summed E-state index contributed by atoms with van der Waals surface area (Å²) in [6.07, 6.45) is 4.09. The molecule has 4 aromatic rings. The van der Waals surface area contributed by atoms with E-state index in [0.29, 0.717) is 24.5 Å². The first-order chi connectivity index (χ1) is 20.9. The monoisotopic (exact) mass is 718 g/mol. The van der Waals surface area contributed by atoms with Crippen molar-refractivity contribution in [3.05, 3.63) is 96.2 Å². The molecule has 1 atom stereocenters. The molecule has 3 aromatic carbocycles. The molecule has 1 unspecified atom stereocenters. The van der Waals surface area contributed by atoms with Crippen LogP contribution in [0, 0.1) is 6.92 Å². The molecule has 1 aliphatic heterocycles. The van der Waals surface area contributed by atoms with Gasteiger partial charge in [0.15, 0.2) is 0 Å². The van der Waals surface area contributed by atoms with E-state index in [1.807, 2.05) is 6.92 Å². The van der Waals surface area contributed by atoms with Crippen LogP contribution in [0.25, 0.3) is 22.1 Å². The average Bonchev–Trinajstić information content (AvgIpc) is 3.18. The minimum Gasteiger partial charge on any atom is -0.423 e. The van der Waals surface area contributed by atoms with Gasteiger partial charge in [0.05, 0.1) is 0 Å². The third-order valence-electron chi connectivity index (χ3n) is 9.88. The highest BCUT2D eigenvalue weighted by molar-refractivity contribution is 9.10. The molecule has 1 amide bonds. The van der Waals surface area contributed by atoms with Crippen LogP contribution in [0.1, 0.15) is 88.0 Å². The van der Waals surface area contributed by atoms with Gasteiger partial charge in [-0.2, -0.15) is 0 Å². The van der Waals surface area contributed by atoms with Crippen LogP contribution in [0.3, 0.4) is 0 Å². The zero-order valence-corrected chi connectivity index (χ0v) is 29.3. The molecule has 5 nitrogen and oxygen atoms in total. The third kappa shape index (κ3) is 5.66. The topological polar surface area (TPSA) is 62.6 Å². The molecular formula is C37H40Br2N2O3. The zero-order chi connectivity index (χ0) is 31.4. The number of hydrogen-bond donors (Lipinski definition) is 1. The Bertz CT molecular complexity index is 1770. The van der Waals surface area contributed by atoms with Gasteiger partial charge in [-0.15, -0.1) is 0 Å². The van der Waals surface area contributed by atoms with Crippen molar-refractivity contribution in [2.24, 2.45) is 0 Å². The van der Waals surface area contributed by atoms with Gasteiger partial charge >= 0.3 is 5.63 Å². The Labute approximate surface area is 276 Å². The van der Waals surface area contributed by atoms with Crippen molar-refractivity contribution in [1.29, 1.82) is 0 Å². The molecule has 2 aliphatic rings. The van der Waals surface area contributed by atoms with Crippen molar-refractivity contribution < 1.29 is 9.21 Å². The van der Waals surface area contributed by atoms with E-state index < -0.39 is 0 Å². The Balaban J connectivity index is 1.08. The summed E-state index contributed by atoms with van der Waals surface area (Å²) in [4.78, 5) is 27.5. The smallest absolute Gasteiger partial charge is 0.336 e. The number of rotatable bonds is 8. The molecular weight excluding hydrogens is 680 g/mol. The minimum atomic E-state index is -0.313. The lowest BCUT2D eigenvalue weighted by Crippen LogP contribution is -2.48. The molecule has 0 fully saturated rings. The molecule has 6 rings (SSSR count). The van der Waals surface area contributed by atoms with E-state index in [-0.39, 0.29) is 22.5 Å². The Kier molecular flexibility index (Phi) is 8.33. The van der Waals surface area contributed by atoms with E-state index in [9.17, 15) is 9.59 Å². The van der Waals surface area contributed by atoms with E-state index in [2.05, 4.69) is 118 Å². The molecule has 7 heteroatoms. The van der Waals surface area contributed by atoms with Crippen LogP contribution in [-0.2, 0) is 10.2 Å². The van der Waals surface area contributed by atoms with Crippen molar-refractivity contribution in [3.8, 4) is 11.1 Å². The zero-order valence-electron chi connectivity index (χ0n) is 26.2. The largest absolute Gasteiger partial charge is 0.423 e. The van der Waals surface area contributed by atoms with E-state index in [0.717, 1.165) is 57.8 Å². The van der Waals surface area contributed by atoms with Gasteiger partial charge in [0, 0.05) is 62.6 Å². The van der Waals surface area contributed by atoms with Crippen LogP contribution in [0.15, 0.2) is 72.8 Å². The molecule has 1 aromatic heterocycles. The normalized spacial score (nSPS) is 17.7. The molecule has 1 aliphatic carbocycles. The predicted molar refractivity (Wildman–Crippen MR) is 187 cm³/mol. The average molecular weight is 721 g/mol. The molecule has 0 radical (unpaired) electrons. The lowest BCUT2D eigenvalue weighted by atomic mass is 9.77. The maximum atomic E-state index is 13.0. The maximum absolute atomic E-state index is 13.0. The van der Waals surface area contributed by atoms with Gasteiger partial charge < -0.3 is 14.6 Å². The summed E-state index contributed by atoms with van der Waals surface area (Å²) < 4.78 is 7.75. The molecule has 2 heterocycles. The number of carbonyl (C=O) groups excluding carboxylic acids is 1. The van der Waals surface area contributed by atoms with Crippen LogP contribution < -0.4 is 15.8 Å². The Morgan fingerprint density at radius 3 is 2.30 bits per heavy atom. The van der Waals surface area contributed by atoms with Gasteiger partial charge in [0.2, 0.25) is 5.91 Å². The molecule has 44 heavy (non-hydrogen) atoms. The Morgan fingerprint density at radius 2 is 1.64 bits per heavy atom. The van der Waals surface area contributed by atoms with Crippen molar-refractivity contribution >= 4 is 54.4 Å². The summed E-state index contributed by atoms with van der Waals surface area (Å²) in [5, 5.41) is 4.22. The number of fused-ring (bicyclic) bond motifs is 5. The number of carbonyl (C=O) groups is 1. The summed E-state index contributed by atoms with van der Waals surface area (Å²) in [5.41, 5.74) is 8.64. The first kappa shape index (κ1) is 31.1. The van der Waals surface area contributed by atoms with Crippen LogP contribution >= 0.6 is 31.9 Å². The summed E-state index contributed by atoms with van der Waals surface area (Å²) in [5.74, 6) is 0.506. The van der Waals surface area contributed by atoms with Gasteiger partial charge in [-0.25, -0.2) is 4.79 Å². The molecule has 0 saturated heterocycles. The highest BCUT2D eigenvalue weighted by Crippen LogP contribution is 2.52. The number of nitrogens with zero attached hydrogens (tertiary/aromatic N) is 1. The van der Waals surface area contributed by atoms with Crippen LogP contribution in [0.4, 0.5) is 5.69 Å². The van der Waals surface area contributed by atoms with Crippen LogP contribution in [0.2, 0.25) is 0 Å². The first-order valence-electron chi connectivity index (χ1n) is 15.6. The number of benzene rings is 3. The predicted octanol–water partition coefficient (Wildman–Crippen LogP) is 9.38. The van der Waals surface area contributed by atoms with Gasteiger partial charge in [-0.3, -0.25) is 4.79 Å². The fourth-order valence-corrected chi connectivity index (χ4v) is 8.37. The van der Waals surface area contributed by atoms with Crippen LogP contribution in [-0.4, -0.2) is 24.5 Å². The van der Waals surface area contributed by atoms with E-state index >= 15 is 0 Å². The summed E-state index contributed by atoms with van der Waals surface area (Å²) in [6, 6.07) is 18.9. The van der Waals surface area contributed by atoms with Crippen molar-refractivity contribution in [1.82, 2.24) is 5.32 Å². The minimum absolute atomic E-state index is 0.0419. The number of hydrogen-bond acceptors (Lipinski definition) is 4. The number of amides is 1. The molecule has 0 bridgehead atoms. The highest BCUT2D eigenvalue weighted by Gasteiger charge is 2.39. The quantitative estimate of drug-likeness (QED) is 0.146. The lowest BCUT2D eigenvalue weighted by molar-refractivity contribution is -0.121. The maximum Gasteiger partial charge on any atom is 0.336 e. The standard InChI is InChI=1S/C37H40Br2N2O3/c1-22-16-35(43)44-33-20-32-28(19-29(22)33)23(2)21-36(3,4)41(32)15-7-6-8-34(42)40-14-13-37(5)30-17-24(38)9-11-26(30)27-12-10-25(39)18-31(27)37/h9-12,16-20,23H,6-8,13-15,21H2,1-5H3,(H,40,42). The van der Waals surface area contributed by atoms with Crippen LogP contribution in [0.5, 0.6) is 0 Å². The van der Waals surface area contributed by atoms with Gasteiger partial charge in [0.1, 0.15) is 5.58 Å². The summed E-state index contributed by atoms with van der Waals surface area (Å²) >= 11 is 7.33. The fourth-order valence-electron chi connectivity index (χ4n) is 7.64. The van der Waals surface area contributed by atoms with E-state index in [4.69, 9.17) is 4.42 Å². The number of aryl methyl sites for hydroxylation is 1. The molecule has 230 valence electrons. The second-order valence-electron chi connectivity index (χ2n) is 13.5. The SMILES string of the molecule is Cc1cc(=O)oc2cc3c(cc12)C(C)CC(C)(C)N3CCCCC(=O)NCCC1(C)c2cc(Br)ccc2-c2ccc(Br)cc21. The fraction of sp³-hybridized carbons (Fsp3) is 0.405. The molecule has 0 saturated carbocycles. The molecule has 1 N–H and O–H groups in total. The van der Waals surface area contributed by atoms with E-state index in [1.165, 1.54) is 27.8 Å². The Morgan fingerprint density at radius 1 is 0.977 bits per heavy atom. The van der Waals surface area contributed by atoms with Crippen molar-refractivity contribution in [2.45, 2.75) is 83.6 Å². The van der Waals surface area contributed by atoms with Crippen molar-refractivity contribution in [2.75, 3.05) is 18.0 Å². The number of halogens is 2. The second-order valence-corrected chi connectivity index (χ2v) is 15.3. The first-order valence-corrected chi connectivity index (χ1v) is 17.2. The van der Waals surface area contributed by atoms with Crippen molar-refractivity contribution in [3.63, 3.8) is 0 Å². The summed E-state index contributed by atoms with van der Waals surface area (Å²) in [7, 11) is 0. The lowest BCUT2D eigenvalue weighted by Gasteiger charge is -2.47. The van der Waals surface area contributed by atoms with Gasteiger partial charge in [-0.05, 0) is 116 Å². The third-order valence-corrected chi connectivity index (χ3v) is 10.9. The number of nitrogens with one attached hydrogen (secondary N) is 1. The highest BCUT2D eigenvalue weighted by atomic mass is 79.9. The number of unbranched alkanes of at least 4 members (excludes halogenated alkanes) is 1.